The Morgan fingerprint density at radius 3 is 2.83 bits per heavy atom. The molecule has 0 aliphatic rings. The van der Waals surface area contributed by atoms with Crippen molar-refractivity contribution in [2.24, 2.45) is 0 Å². The van der Waals surface area contributed by atoms with Crippen LogP contribution in [0, 0.1) is 0 Å². The number of thiazole rings is 1. The molecular weight excluding hydrogens is 384 g/mol. The molecule has 0 saturated carbocycles. The van der Waals surface area contributed by atoms with E-state index in [1.54, 1.807) is 24.7 Å². The third-order valence-corrected chi connectivity index (χ3v) is 4.97. The van der Waals surface area contributed by atoms with E-state index in [-0.39, 0.29) is 12.3 Å². The molecule has 0 saturated heterocycles. The number of hydrogen-bond donors (Lipinski definition) is 1. The number of carbonyl (C=O) groups excluding carboxylic acids is 1. The number of aromatic nitrogens is 3. The zero-order valence-corrected chi connectivity index (χ0v) is 16.3. The van der Waals surface area contributed by atoms with Crippen molar-refractivity contribution in [1.82, 2.24) is 15.0 Å². The van der Waals surface area contributed by atoms with Crippen molar-refractivity contribution in [1.29, 1.82) is 0 Å². The number of anilines is 1. The van der Waals surface area contributed by atoms with Gasteiger partial charge in [0.1, 0.15) is 17.4 Å². The predicted molar refractivity (Wildman–Crippen MR) is 113 cm³/mol. The molecule has 3 aromatic heterocycles. The molecule has 4 aromatic rings. The average Bonchev–Trinajstić information content (AvgIpc) is 3.22. The quantitative estimate of drug-likeness (QED) is 0.497. The average molecular weight is 402 g/mol. The van der Waals surface area contributed by atoms with Gasteiger partial charge in [-0.05, 0) is 36.4 Å². The van der Waals surface area contributed by atoms with Gasteiger partial charge in [0.05, 0.1) is 17.8 Å². The van der Waals surface area contributed by atoms with E-state index < -0.39 is 0 Å². The highest BCUT2D eigenvalue weighted by Crippen LogP contribution is 2.23. The Morgan fingerprint density at radius 2 is 2.00 bits per heavy atom. The number of ether oxygens (including phenoxy) is 1. The lowest BCUT2D eigenvalue weighted by Crippen LogP contribution is -2.14. The summed E-state index contributed by atoms with van der Waals surface area (Å²) in [7, 11) is 0. The minimum atomic E-state index is -0.130. The van der Waals surface area contributed by atoms with Gasteiger partial charge >= 0.3 is 0 Å². The lowest BCUT2D eigenvalue weighted by molar-refractivity contribution is -0.115. The third-order valence-electron chi connectivity index (χ3n) is 4.03. The molecule has 7 heteroatoms. The SMILES string of the molecule is O=C(Cc1csc(-c2cccnc2)n1)Nc1cccc(OCc2ccccn2)c1. The highest BCUT2D eigenvalue weighted by Gasteiger charge is 2.10. The molecule has 0 aliphatic heterocycles. The van der Waals surface area contributed by atoms with E-state index >= 15 is 0 Å². The van der Waals surface area contributed by atoms with E-state index in [1.165, 1.54) is 11.3 Å². The molecule has 0 aliphatic carbocycles. The molecule has 0 spiro atoms. The summed E-state index contributed by atoms with van der Waals surface area (Å²) in [6, 6.07) is 16.8. The van der Waals surface area contributed by atoms with Crippen LogP contribution < -0.4 is 10.1 Å². The van der Waals surface area contributed by atoms with Gasteiger partial charge in [0.2, 0.25) is 5.91 Å². The standard InChI is InChI=1S/C22H18N4O2S/c27-21(12-19-15-29-22(26-19)16-5-4-9-23-13-16)25-17-7-3-8-20(11-17)28-14-18-6-1-2-10-24-18/h1-11,13,15H,12,14H2,(H,25,27). The lowest BCUT2D eigenvalue weighted by atomic mass is 10.2. The van der Waals surface area contributed by atoms with Gasteiger partial charge in [0.25, 0.3) is 0 Å². The summed E-state index contributed by atoms with van der Waals surface area (Å²) in [5.74, 6) is 0.538. The summed E-state index contributed by atoms with van der Waals surface area (Å²) in [4.78, 5) is 25.3. The van der Waals surface area contributed by atoms with Crippen LogP contribution >= 0.6 is 11.3 Å². The maximum atomic E-state index is 12.4. The second kappa shape index (κ2) is 9.07. The van der Waals surface area contributed by atoms with Crippen molar-refractivity contribution >= 4 is 22.9 Å². The van der Waals surface area contributed by atoms with Crippen LogP contribution in [0.25, 0.3) is 10.6 Å². The molecule has 4 rings (SSSR count). The van der Waals surface area contributed by atoms with Crippen molar-refractivity contribution < 1.29 is 9.53 Å². The summed E-state index contributed by atoms with van der Waals surface area (Å²) in [6.07, 6.45) is 5.42. The number of amides is 1. The maximum Gasteiger partial charge on any atom is 0.230 e. The van der Waals surface area contributed by atoms with E-state index in [0.717, 1.165) is 22.0 Å². The second-order valence-corrected chi connectivity index (χ2v) is 7.11. The van der Waals surface area contributed by atoms with Gasteiger partial charge in [-0.15, -0.1) is 11.3 Å². The van der Waals surface area contributed by atoms with Gasteiger partial charge in [-0.25, -0.2) is 4.98 Å². The fourth-order valence-electron chi connectivity index (χ4n) is 2.68. The van der Waals surface area contributed by atoms with E-state index in [4.69, 9.17) is 4.74 Å². The first-order valence-electron chi connectivity index (χ1n) is 9.04. The first-order valence-corrected chi connectivity index (χ1v) is 9.92. The number of carbonyl (C=O) groups is 1. The van der Waals surface area contributed by atoms with Crippen LogP contribution in [0.15, 0.2) is 78.6 Å². The van der Waals surface area contributed by atoms with E-state index in [2.05, 4.69) is 20.3 Å². The molecule has 1 N–H and O–H groups in total. The minimum absolute atomic E-state index is 0.130. The van der Waals surface area contributed by atoms with Crippen LogP contribution in [-0.2, 0) is 17.8 Å². The van der Waals surface area contributed by atoms with E-state index in [9.17, 15) is 4.79 Å². The summed E-state index contributed by atoms with van der Waals surface area (Å²) in [5, 5.41) is 5.65. The van der Waals surface area contributed by atoms with E-state index in [0.29, 0.717) is 18.0 Å². The number of nitrogens with one attached hydrogen (secondary N) is 1. The third kappa shape index (κ3) is 5.24. The van der Waals surface area contributed by atoms with Gasteiger partial charge in [0.15, 0.2) is 0 Å². The van der Waals surface area contributed by atoms with Crippen LogP contribution in [-0.4, -0.2) is 20.9 Å². The summed E-state index contributed by atoms with van der Waals surface area (Å²) in [5.41, 5.74) is 3.20. The summed E-state index contributed by atoms with van der Waals surface area (Å²) in [6.45, 7) is 0.369. The fraction of sp³-hybridized carbons (Fsp3) is 0.0909. The van der Waals surface area contributed by atoms with Gasteiger partial charge < -0.3 is 10.1 Å². The molecular formula is C22H18N4O2S. The fourth-order valence-corrected chi connectivity index (χ4v) is 3.49. The van der Waals surface area contributed by atoms with Crippen molar-refractivity contribution in [2.45, 2.75) is 13.0 Å². The highest BCUT2D eigenvalue weighted by atomic mass is 32.1. The van der Waals surface area contributed by atoms with Gasteiger partial charge in [0, 0.05) is 41.3 Å². The number of rotatable bonds is 7. The number of benzene rings is 1. The van der Waals surface area contributed by atoms with Crippen LogP contribution in [0.3, 0.4) is 0 Å². The van der Waals surface area contributed by atoms with Crippen molar-refractivity contribution in [3.8, 4) is 16.3 Å². The van der Waals surface area contributed by atoms with Crippen molar-refractivity contribution in [3.63, 3.8) is 0 Å². The Balaban J connectivity index is 1.34. The molecule has 144 valence electrons. The van der Waals surface area contributed by atoms with Crippen LogP contribution in [0.2, 0.25) is 0 Å². The van der Waals surface area contributed by atoms with Crippen molar-refractivity contribution in [2.75, 3.05) is 5.32 Å². The lowest BCUT2D eigenvalue weighted by Gasteiger charge is -2.08. The molecule has 0 bridgehead atoms. The smallest absolute Gasteiger partial charge is 0.230 e. The summed E-state index contributed by atoms with van der Waals surface area (Å²) < 4.78 is 5.75. The zero-order valence-electron chi connectivity index (χ0n) is 15.5. The van der Waals surface area contributed by atoms with Crippen LogP contribution in [0.1, 0.15) is 11.4 Å². The Morgan fingerprint density at radius 1 is 1.03 bits per heavy atom. The first-order chi connectivity index (χ1) is 14.3. The monoisotopic (exact) mass is 402 g/mol. The summed E-state index contributed by atoms with van der Waals surface area (Å²) >= 11 is 1.50. The Bertz CT molecular complexity index is 1080. The minimum Gasteiger partial charge on any atom is -0.487 e. The van der Waals surface area contributed by atoms with E-state index in [1.807, 2.05) is 53.9 Å². The van der Waals surface area contributed by atoms with Gasteiger partial charge in [-0.1, -0.05) is 12.1 Å². The largest absolute Gasteiger partial charge is 0.487 e. The zero-order chi connectivity index (χ0) is 19.9. The highest BCUT2D eigenvalue weighted by molar-refractivity contribution is 7.13. The topological polar surface area (TPSA) is 77.0 Å². The van der Waals surface area contributed by atoms with Gasteiger partial charge in [-0.3, -0.25) is 14.8 Å². The Kier molecular flexibility index (Phi) is 5.87. The number of nitrogens with zero attached hydrogens (tertiary/aromatic N) is 3. The molecule has 0 unspecified atom stereocenters. The number of hydrogen-bond acceptors (Lipinski definition) is 6. The van der Waals surface area contributed by atoms with Gasteiger partial charge in [-0.2, -0.15) is 0 Å². The Hall–Kier alpha value is -3.58. The Labute approximate surface area is 172 Å². The molecule has 3 heterocycles. The predicted octanol–water partition coefficient (Wildman–Crippen LogP) is 4.36. The van der Waals surface area contributed by atoms with Crippen LogP contribution in [0.5, 0.6) is 5.75 Å². The van der Waals surface area contributed by atoms with Crippen LogP contribution in [0.4, 0.5) is 5.69 Å². The molecule has 0 atom stereocenters. The molecule has 29 heavy (non-hydrogen) atoms. The molecule has 1 amide bonds. The molecule has 1 aromatic carbocycles. The normalized spacial score (nSPS) is 10.5. The molecule has 0 radical (unpaired) electrons. The molecule has 0 fully saturated rings. The maximum absolute atomic E-state index is 12.4. The van der Waals surface area contributed by atoms with Crippen molar-refractivity contribution in [3.05, 3.63) is 90.0 Å². The first kappa shape index (κ1) is 18.8. The number of pyridine rings is 2. The second-order valence-electron chi connectivity index (χ2n) is 6.25. The molecule has 6 nitrogen and oxygen atoms in total.